The molecule has 0 heterocycles. The van der Waals surface area contributed by atoms with Crippen LogP contribution in [0.2, 0.25) is 0 Å². The van der Waals surface area contributed by atoms with E-state index in [1.165, 1.54) is 24.8 Å². The van der Waals surface area contributed by atoms with E-state index < -0.39 is 0 Å². The van der Waals surface area contributed by atoms with Gasteiger partial charge in [-0.2, -0.15) is 0 Å². The Morgan fingerprint density at radius 2 is 1.95 bits per heavy atom. The fourth-order valence-corrected chi connectivity index (χ4v) is 3.05. The molecule has 0 saturated heterocycles. The summed E-state index contributed by atoms with van der Waals surface area (Å²) in [6.07, 6.45) is 3.88. The highest BCUT2D eigenvalue weighted by atomic mass is 15.2. The van der Waals surface area contributed by atoms with Crippen molar-refractivity contribution in [3.8, 4) is 0 Å². The van der Waals surface area contributed by atoms with Gasteiger partial charge in [0.1, 0.15) is 0 Å². The van der Waals surface area contributed by atoms with Gasteiger partial charge in [-0.05, 0) is 56.7 Å². The Kier molecular flexibility index (Phi) is 5.00. The highest BCUT2D eigenvalue weighted by Gasteiger charge is 2.30. The lowest BCUT2D eigenvalue weighted by Gasteiger charge is -2.35. The minimum absolute atomic E-state index is 0.372. The summed E-state index contributed by atoms with van der Waals surface area (Å²) in [4.78, 5) is 2.56. The number of hydrogen-bond acceptors (Lipinski definition) is 2. The van der Waals surface area contributed by atoms with Crippen molar-refractivity contribution >= 4 is 0 Å². The first-order valence-corrected chi connectivity index (χ1v) is 7.73. The van der Waals surface area contributed by atoms with E-state index in [2.05, 4.69) is 49.9 Å². The molecule has 1 atom stereocenters. The van der Waals surface area contributed by atoms with Gasteiger partial charge < -0.3 is 5.73 Å². The average Bonchev–Trinajstić information content (AvgIpc) is 3.23. The van der Waals surface area contributed by atoms with Crippen molar-refractivity contribution in [3.05, 3.63) is 35.4 Å². The first-order valence-electron chi connectivity index (χ1n) is 7.73. The van der Waals surface area contributed by atoms with Gasteiger partial charge in [-0.1, -0.05) is 31.2 Å². The van der Waals surface area contributed by atoms with Crippen LogP contribution in [0.3, 0.4) is 0 Å². The van der Waals surface area contributed by atoms with Crippen LogP contribution in [-0.4, -0.2) is 24.0 Å². The van der Waals surface area contributed by atoms with Crippen molar-refractivity contribution < 1.29 is 0 Å². The normalized spacial score (nSPS) is 17.2. The topological polar surface area (TPSA) is 29.3 Å². The molecule has 0 aliphatic heterocycles. The highest BCUT2D eigenvalue weighted by Crippen LogP contribution is 2.43. The largest absolute Gasteiger partial charge is 0.329 e. The zero-order chi connectivity index (χ0) is 13.8. The van der Waals surface area contributed by atoms with Gasteiger partial charge in [0.15, 0.2) is 0 Å². The molecule has 0 aromatic heterocycles. The van der Waals surface area contributed by atoms with Gasteiger partial charge >= 0.3 is 0 Å². The second-order valence-corrected chi connectivity index (χ2v) is 5.99. The monoisotopic (exact) mass is 260 g/mol. The van der Waals surface area contributed by atoms with Gasteiger partial charge in [0, 0.05) is 18.6 Å². The summed E-state index contributed by atoms with van der Waals surface area (Å²) in [5.41, 5.74) is 9.13. The Bertz CT molecular complexity index is 396. The fraction of sp³-hybridized carbons (Fsp3) is 0.647. The van der Waals surface area contributed by atoms with Gasteiger partial charge in [-0.25, -0.2) is 0 Å². The van der Waals surface area contributed by atoms with Crippen LogP contribution in [0.4, 0.5) is 0 Å². The molecule has 1 aliphatic rings. The van der Waals surface area contributed by atoms with Crippen molar-refractivity contribution in [2.75, 3.05) is 13.1 Å². The molecule has 1 aliphatic carbocycles. The van der Waals surface area contributed by atoms with Crippen molar-refractivity contribution in [1.82, 2.24) is 4.90 Å². The first-order chi connectivity index (χ1) is 9.19. The van der Waals surface area contributed by atoms with Gasteiger partial charge in [-0.15, -0.1) is 0 Å². The predicted octanol–water partition coefficient (Wildman–Crippen LogP) is 3.68. The number of nitrogens with two attached hydrogens (primary N) is 1. The third-order valence-corrected chi connectivity index (χ3v) is 4.14. The van der Waals surface area contributed by atoms with Gasteiger partial charge in [-0.3, -0.25) is 4.90 Å². The van der Waals surface area contributed by atoms with Gasteiger partial charge in [0.05, 0.1) is 0 Å². The lowest BCUT2D eigenvalue weighted by molar-refractivity contribution is 0.156. The third kappa shape index (κ3) is 3.37. The molecule has 1 unspecified atom stereocenters. The van der Waals surface area contributed by atoms with Crippen LogP contribution in [0, 0.1) is 0 Å². The van der Waals surface area contributed by atoms with Crippen LogP contribution < -0.4 is 5.73 Å². The lowest BCUT2D eigenvalue weighted by atomic mass is 9.95. The average molecular weight is 260 g/mol. The smallest absolute Gasteiger partial charge is 0.0475 e. The Morgan fingerprint density at radius 1 is 1.26 bits per heavy atom. The van der Waals surface area contributed by atoms with Crippen molar-refractivity contribution in [2.24, 2.45) is 5.73 Å². The lowest BCUT2D eigenvalue weighted by Crippen LogP contribution is -2.39. The van der Waals surface area contributed by atoms with Crippen molar-refractivity contribution in [3.63, 3.8) is 0 Å². The molecule has 0 bridgehead atoms. The Balaban J connectivity index is 2.29. The molecule has 0 radical (unpaired) electrons. The van der Waals surface area contributed by atoms with Crippen LogP contribution in [0.1, 0.15) is 63.1 Å². The molecule has 1 saturated carbocycles. The summed E-state index contributed by atoms with van der Waals surface area (Å²) in [6, 6.07) is 9.84. The predicted molar refractivity (Wildman–Crippen MR) is 82.3 cm³/mol. The molecule has 2 N–H and O–H groups in total. The van der Waals surface area contributed by atoms with Crippen LogP contribution >= 0.6 is 0 Å². The van der Waals surface area contributed by atoms with Crippen LogP contribution in [0.25, 0.3) is 0 Å². The van der Waals surface area contributed by atoms with E-state index in [4.69, 9.17) is 5.73 Å². The minimum Gasteiger partial charge on any atom is -0.329 e. The third-order valence-electron chi connectivity index (χ3n) is 4.14. The fourth-order valence-electron chi connectivity index (χ4n) is 3.05. The zero-order valence-electron chi connectivity index (χ0n) is 12.6. The molecular weight excluding hydrogens is 232 g/mol. The summed E-state index contributed by atoms with van der Waals surface area (Å²) in [5, 5.41) is 0. The molecule has 2 nitrogen and oxygen atoms in total. The van der Waals surface area contributed by atoms with Gasteiger partial charge in [0.2, 0.25) is 0 Å². The van der Waals surface area contributed by atoms with E-state index in [0.29, 0.717) is 18.6 Å². The second kappa shape index (κ2) is 6.53. The highest BCUT2D eigenvalue weighted by molar-refractivity contribution is 5.36. The quantitative estimate of drug-likeness (QED) is 0.810. The van der Waals surface area contributed by atoms with E-state index in [-0.39, 0.29) is 0 Å². The Labute approximate surface area is 118 Å². The summed E-state index contributed by atoms with van der Waals surface area (Å²) in [7, 11) is 0. The summed E-state index contributed by atoms with van der Waals surface area (Å²) < 4.78 is 0. The molecule has 2 rings (SSSR count). The molecule has 2 heteroatoms. The standard InChI is InChI=1S/C17H28N2/c1-4-11-19(13(2)3)17(12-18)16-8-6-5-7-15(16)14-9-10-14/h5-8,13-14,17H,4,9-12,18H2,1-3H3. The second-order valence-electron chi connectivity index (χ2n) is 5.99. The molecule has 0 spiro atoms. The minimum atomic E-state index is 0.372. The van der Waals surface area contributed by atoms with Crippen LogP contribution in [0.15, 0.2) is 24.3 Å². The maximum absolute atomic E-state index is 6.12. The summed E-state index contributed by atoms with van der Waals surface area (Å²) in [5.74, 6) is 0.792. The zero-order valence-corrected chi connectivity index (χ0v) is 12.6. The number of rotatable bonds is 7. The van der Waals surface area contributed by atoms with E-state index >= 15 is 0 Å². The van der Waals surface area contributed by atoms with Crippen LogP contribution in [-0.2, 0) is 0 Å². The number of hydrogen-bond donors (Lipinski definition) is 1. The SMILES string of the molecule is CCCN(C(C)C)C(CN)c1ccccc1C1CC1. The maximum Gasteiger partial charge on any atom is 0.0475 e. The van der Waals surface area contributed by atoms with Crippen LogP contribution in [0.5, 0.6) is 0 Å². The summed E-state index contributed by atoms with van der Waals surface area (Å²) in [6.45, 7) is 8.63. The van der Waals surface area contributed by atoms with E-state index in [0.717, 1.165) is 12.5 Å². The molecule has 19 heavy (non-hydrogen) atoms. The molecule has 1 aromatic rings. The number of benzene rings is 1. The van der Waals surface area contributed by atoms with E-state index in [1.807, 2.05) is 0 Å². The maximum atomic E-state index is 6.12. The molecule has 106 valence electrons. The van der Waals surface area contributed by atoms with Gasteiger partial charge in [0.25, 0.3) is 0 Å². The molecule has 0 amide bonds. The Morgan fingerprint density at radius 3 is 2.47 bits per heavy atom. The molecular formula is C17H28N2. The summed E-state index contributed by atoms with van der Waals surface area (Å²) >= 11 is 0. The molecule has 1 fully saturated rings. The molecule has 1 aromatic carbocycles. The van der Waals surface area contributed by atoms with E-state index in [1.54, 1.807) is 5.56 Å². The Hall–Kier alpha value is -0.860. The van der Waals surface area contributed by atoms with Crippen molar-refractivity contribution in [2.45, 2.75) is 58.0 Å². The van der Waals surface area contributed by atoms with Crippen molar-refractivity contribution in [1.29, 1.82) is 0 Å². The first kappa shape index (κ1) is 14.5. The van der Waals surface area contributed by atoms with E-state index in [9.17, 15) is 0 Å². The number of nitrogens with zero attached hydrogens (tertiary/aromatic N) is 1.